The van der Waals surface area contributed by atoms with Gasteiger partial charge >= 0.3 is 0 Å². The Morgan fingerprint density at radius 1 is 1.55 bits per heavy atom. The molecule has 6 heteroatoms. The second-order valence-corrected chi connectivity index (χ2v) is 5.13. The molecule has 20 heavy (non-hydrogen) atoms. The molecule has 3 rings (SSSR count). The number of amides is 1. The zero-order chi connectivity index (χ0) is 14.1. The lowest BCUT2D eigenvalue weighted by molar-refractivity contribution is -0.0858. The molecule has 0 bridgehead atoms. The number of aliphatic hydroxyl groups is 1. The number of aliphatic hydroxyl groups excluding tert-OH is 1. The summed E-state index contributed by atoms with van der Waals surface area (Å²) in [4.78, 5) is 14.3. The van der Waals surface area contributed by atoms with Crippen molar-refractivity contribution in [3.63, 3.8) is 0 Å². The van der Waals surface area contributed by atoms with Crippen molar-refractivity contribution in [1.82, 2.24) is 15.1 Å². The minimum Gasteiger partial charge on any atom is -0.394 e. The lowest BCUT2D eigenvalue weighted by Crippen LogP contribution is -2.50. The van der Waals surface area contributed by atoms with Crippen LogP contribution < -0.4 is 0 Å². The molecule has 2 N–H and O–H groups in total. The van der Waals surface area contributed by atoms with Crippen LogP contribution in [0.3, 0.4) is 0 Å². The first kappa shape index (κ1) is 13.1. The number of rotatable bonds is 2. The van der Waals surface area contributed by atoms with E-state index < -0.39 is 0 Å². The molecule has 1 aromatic heterocycles. The average Bonchev–Trinajstić information content (AvgIpc) is 2.93. The molecule has 1 aliphatic rings. The van der Waals surface area contributed by atoms with Gasteiger partial charge < -0.3 is 14.7 Å². The van der Waals surface area contributed by atoms with Crippen molar-refractivity contribution >= 4 is 16.8 Å². The van der Waals surface area contributed by atoms with Gasteiger partial charge in [0.15, 0.2) is 0 Å². The first-order valence-electron chi connectivity index (χ1n) is 6.66. The summed E-state index contributed by atoms with van der Waals surface area (Å²) in [7, 11) is 0. The SMILES string of the molecule is CC1CN(C(=O)c2ccc3cn[nH]c3c2)CC(CO)O1. The van der Waals surface area contributed by atoms with Crippen LogP contribution in [-0.2, 0) is 4.74 Å². The fourth-order valence-electron chi connectivity index (χ4n) is 2.56. The predicted molar refractivity (Wildman–Crippen MR) is 73.4 cm³/mol. The van der Waals surface area contributed by atoms with Gasteiger partial charge in [-0.3, -0.25) is 9.89 Å². The molecule has 106 valence electrons. The van der Waals surface area contributed by atoms with Crippen LogP contribution in [0.5, 0.6) is 0 Å². The van der Waals surface area contributed by atoms with E-state index in [-0.39, 0.29) is 24.7 Å². The third-order valence-electron chi connectivity index (χ3n) is 3.51. The number of hydrogen-bond acceptors (Lipinski definition) is 4. The summed E-state index contributed by atoms with van der Waals surface area (Å²) in [6.07, 6.45) is 1.35. The number of nitrogens with one attached hydrogen (secondary N) is 1. The lowest BCUT2D eigenvalue weighted by Gasteiger charge is -2.36. The fraction of sp³-hybridized carbons (Fsp3) is 0.429. The van der Waals surface area contributed by atoms with Crippen molar-refractivity contribution < 1.29 is 14.6 Å². The number of aromatic amines is 1. The number of hydrogen-bond donors (Lipinski definition) is 2. The number of aromatic nitrogens is 2. The van der Waals surface area contributed by atoms with E-state index in [2.05, 4.69) is 10.2 Å². The molecule has 0 saturated carbocycles. The molecule has 1 aromatic carbocycles. The third-order valence-corrected chi connectivity index (χ3v) is 3.51. The van der Waals surface area contributed by atoms with Gasteiger partial charge in [0.25, 0.3) is 5.91 Å². The van der Waals surface area contributed by atoms with Crippen LogP contribution in [0.2, 0.25) is 0 Å². The number of carbonyl (C=O) groups is 1. The second kappa shape index (κ2) is 5.22. The van der Waals surface area contributed by atoms with Crippen LogP contribution in [0.1, 0.15) is 17.3 Å². The van der Waals surface area contributed by atoms with Crippen molar-refractivity contribution in [1.29, 1.82) is 0 Å². The molecule has 1 fully saturated rings. The number of ether oxygens (including phenoxy) is 1. The fourth-order valence-corrected chi connectivity index (χ4v) is 2.56. The van der Waals surface area contributed by atoms with Gasteiger partial charge in [-0.05, 0) is 19.1 Å². The normalized spacial score (nSPS) is 23.2. The molecule has 1 amide bonds. The standard InChI is InChI=1S/C14H17N3O3/c1-9-6-17(7-12(8-18)20-9)14(19)10-2-3-11-5-15-16-13(11)4-10/h2-5,9,12,18H,6-8H2,1H3,(H,15,16). The molecular weight excluding hydrogens is 258 g/mol. The first-order valence-corrected chi connectivity index (χ1v) is 6.66. The van der Waals surface area contributed by atoms with Crippen molar-refractivity contribution in [3.05, 3.63) is 30.0 Å². The Hall–Kier alpha value is -1.92. The predicted octanol–water partition coefficient (Wildman–Crippen LogP) is 0.785. The van der Waals surface area contributed by atoms with Crippen molar-refractivity contribution in [3.8, 4) is 0 Å². The van der Waals surface area contributed by atoms with Gasteiger partial charge in [0.2, 0.25) is 0 Å². The highest BCUT2D eigenvalue weighted by molar-refractivity contribution is 5.97. The minimum absolute atomic E-state index is 0.0462. The molecule has 0 radical (unpaired) electrons. The van der Waals surface area contributed by atoms with E-state index in [4.69, 9.17) is 4.74 Å². The maximum atomic E-state index is 12.5. The zero-order valence-corrected chi connectivity index (χ0v) is 11.2. The van der Waals surface area contributed by atoms with E-state index in [1.807, 2.05) is 13.0 Å². The summed E-state index contributed by atoms with van der Waals surface area (Å²) in [5, 5.41) is 17.0. The van der Waals surface area contributed by atoms with E-state index >= 15 is 0 Å². The number of fused-ring (bicyclic) bond motifs is 1. The van der Waals surface area contributed by atoms with Gasteiger partial charge in [-0.1, -0.05) is 6.07 Å². The topological polar surface area (TPSA) is 78.5 Å². The van der Waals surface area contributed by atoms with Crippen molar-refractivity contribution in [2.45, 2.75) is 19.1 Å². The summed E-state index contributed by atoms with van der Waals surface area (Å²) >= 11 is 0. The van der Waals surface area contributed by atoms with Gasteiger partial charge in [-0.15, -0.1) is 0 Å². The largest absolute Gasteiger partial charge is 0.394 e. The smallest absolute Gasteiger partial charge is 0.254 e. The third kappa shape index (κ3) is 2.39. The molecule has 0 aliphatic carbocycles. The highest BCUT2D eigenvalue weighted by Gasteiger charge is 2.28. The summed E-state index contributed by atoms with van der Waals surface area (Å²) in [6, 6.07) is 5.48. The molecule has 2 atom stereocenters. The highest BCUT2D eigenvalue weighted by Crippen LogP contribution is 2.17. The van der Waals surface area contributed by atoms with Crippen molar-refractivity contribution in [2.24, 2.45) is 0 Å². The average molecular weight is 275 g/mol. The van der Waals surface area contributed by atoms with Crippen molar-refractivity contribution in [2.75, 3.05) is 19.7 Å². The molecule has 1 saturated heterocycles. The number of carbonyl (C=O) groups excluding carboxylic acids is 1. The number of benzene rings is 1. The molecule has 2 heterocycles. The Bertz CT molecular complexity index is 625. The first-order chi connectivity index (χ1) is 9.67. The summed E-state index contributed by atoms with van der Waals surface area (Å²) in [5.41, 5.74) is 1.46. The number of nitrogens with zero attached hydrogens (tertiary/aromatic N) is 2. The minimum atomic E-state index is -0.307. The second-order valence-electron chi connectivity index (χ2n) is 5.13. The summed E-state index contributed by atoms with van der Waals surface area (Å²) < 4.78 is 5.55. The Kier molecular flexibility index (Phi) is 3.42. The maximum Gasteiger partial charge on any atom is 0.254 e. The molecule has 0 spiro atoms. The maximum absolute atomic E-state index is 12.5. The highest BCUT2D eigenvalue weighted by atomic mass is 16.5. The Labute approximate surface area is 116 Å². The van der Waals surface area contributed by atoms with Gasteiger partial charge in [-0.25, -0.2) is 0 Å². The van der Waals surface area contributed by atoms with Gasteiger partial charge in [0.1, 0.15) is 0 Å². The molecule has 2 aromatic rings. The van der Waals surface area contributed by atoms with E-state index in [1.165, 1.54) is 0 Å². The quantitative estimate of drug-likeness (QED) is 0.849. The Balaban J connectivity index is 1.83. The van der Waals surface area contributed by atoms with E-state index in [9.17, 15) is 9.90 Å². The van der Waals surface area contributed by atoms with E-state index in [0.29, 0.717) is 18.7 Å². The molecular formula is C14H17N3O3. The Morgan fingerprint density at radius 2 is 2.40 bits per heavy atom. The van der Waals surface area contributed by atoms with E-state index in [0.717, 1.165) is 10.9 Å². The van der Waals surface area contributed by atoms with Crippen LogP contribution in [-0.4, -0.2) is 58.0 Å². The van der Waals surface area contributed by atoms with Crippen LogP contribution in [0, 0.1) is 0 Å². The number of H-pyrrole nitrogens is 1. The number of morpholine rings is 1. The van der Waals surface area contributed by atoms with Gasteiger partial charge in [0.05, 0.1) is 30.5 Å². The van der Waals surface area contributed by atoms with Gasteiger partial charge in [0, 0.05) is 24.0 Å². The van der Waals surface area contributed by atoms with Crippen LogP contribution in [0.25, 0.3) is 10.9 Å². The van der Waals surface area contributed by atoms with Crippen LogP contribution in [0.15, 0.2) is 24.4 Å². The van der Waals surface area contributed by atoms with Crippen LogP contribution in [0.4, 0.5) is 0 Å². The van der Waals surface area contributed by atoms with Gasteiger partial charge in [-0.2, -0.15) is 5.10 Å². The summed E-state index contributed by atoms with van der Waals surface area (Å²) in [5.74, 6) is -0.0462. The summed E-state index contributed by atoms with van der Waals surface area (Å²) in [6.45, 7) is 2.78. The Morgan fingerprint density at radius 3 is 3.20 bits per heavy atom. The van der Waals surface area contributed by atoms with Crippen LogP contribution >= 0.6 is 0 Å². The van der Waals surface area contributed by atoms with E-state index in [1.54, 1.807) is 23.2 Å². The monoisotopic (exact) mass is 275 g/mol. The molecule has 2 unspecified atom stereocenters. The lowest BCUT2D eigenvalue weighted by atomic mass is 10.1. The molecule has 6 nitrogen and oxygen atoms in total. The molecule has 1 aliphatic heterocycles. The zero-order valence-electron chi connectivity index (χ0n) is 11.2.